The molecule has 0 spiro atoms. The highest BCUT2D eigenvalue weighted by Crippen LogP contribution is 2.29. The van der Waals surface area contributed by atoms with E-state index in [-0.39, 0.29) is 5.91 Å². The molecule has 2 fully saturated rings. The average molecular weight is 197 g/mol. The number of aliphatic hydroxyl groups is 1. The van der Waals surface area contributed by atoms with E-state index in [9.17, 15) is 9.90 Å². The zero-order valence-corrected chi connectivity index (χ0v) is 8.67. The number of carbonyl (C=O) groups excluding carboxylic acids is 1. The van der Waals surface area contributed by atoms with Crippen LogP contribution < -0.4 is 0 Å². The maximum Gasteiger partial charge on any atom is 0.222 e. The highest BCUT2D eigenvalue weighted by atomic mass is 16.3. The molecule has 0 aromatic rings. The highest BCUT2D eigenvalue weighted by molar-refractivity contribution is 5.78. The molecule has 1 aliphatic heterocycles. The van der Waals surface area contributed by atoms with E-state index in [1.165, 1.54) is 6.42 Å². The summed E-state index contributed by atoms with van der Waals surface area (Å²) >= 11 is 0. The topological polar surface area (TPSA) is 40.5 Å². The lowest BCUT2D eigenvalue weighted by Gasteiger charge is -2.35. The second-order valence-electron chi connectivity index (χ2n) is 4.70. The van der Waals surface area contributed by atoms with Crippen molar-refractivity contribution in [2.45, 2.75) is 50.5 Å². The first-order valence-corrected chi connectivity index (χ1v) is 5.70. The molecule has 1 saturated carbocycles. The van der Waals surface area contributed by atoms with Crippen molar-refractivity contribution in [2.24, 2.45) is 0 Å². The van der Waals surface area contributed by atoms with Crippen LogP contribution in [0.15, 0.2) is 0 Å². The van der Waals surface area contributed by atoms with Crippen LogP contribution in [0.3, 0.4) is 0 Å². The number of rotatable bonds is 2. The first-order chi connectivity index (χ1) is 6.70. The molecule has 3 nitrogen and oxygen atoms in total. The van der Waals surface area contributed by atoms with E-state index in [2.05, 4.69) is 0 Å². The summed E-state index contributed by atoms with van der Waals surface area (Å²) in [6.45, 7) is 1.42. The molecule has 3 heteroatoms. The SMILES string of the molecule is O=C1CCCN1CC1(O)CCCCC1. The van der Waals surface area contributed by atoms with Gasteiger partial charge in [-0.2, -0.15) is 0 Å². The predicted molar refractivity (Wildman–Crippen MR) is 53.8 cm³/mol. The van der Waals surface area contributed by atoms with Gasteiger partial charge in [0, 0.05) is 19.5 Å². The first kappa shape index (κ1) is 9.97. The molecule has 0 radical (unpaired) electrons. The fourth-order valence-corrected chi connectivity index (χ4v) is 2.59. The third kappa shape index (κ3) is 2.08. The fourth-order valence-electron chi connectivity index (χ4n) is 2.59. The Kier molecular flexibility index (Phi) is 2.77. The van der Waals surface area contributed by atoms with Gasteiger partial charge >= 0.3 is 0 Å². The van der Waals surface area contributed by atoms with Gasteiger partial charge in [0.25, 0.3) is 0 Å². The van der Waals surface area contributed by atoms with Gasteiger partial charge in [-0.05, 0) is 19.3 Å². The van der Waals surface area contributed by atoms with Crippen LogP contribution in [-0.4, -0.2) is 34.6 Å². The number of likely N-dealkylation sites (tertiary alicyclic amines) is 1. The molecule has 1 N–H and O–H groups in total. The molecule has 1 saturated heterocycles. The first-order valence-electron chi connectivity index (χ1n) is 5.70. The number of carbonyl (C=O) groups is 1. The summed E-state index contributed by atoms with van der Waals surface area (Å²) in [6.07, 6.45) is 6.84. The Hall–Kier alpha value is -0.570. The van der Waals surface area contributed by atoms with Crippen molar-refractivity contribution in [1.82, 2.24) is 4.90 Å². The quantitative estimate of drug-likeness (QED) is 0.725. The number of hydrogen-bond donors (Lipinski definition) is 1. The van der Waals surface area contributed by atoms with Gasteiger partial charge in [0.2, 0.25) is 5.91 Å². The molecule has 2 aliphatic rings. The maximum absolute atomic E-state index is 11.4. The van der Waals surface area contributed by atoms with Gasteiger partial charge in [0.1, 0.15) is 0 Å². The molecule has 0 unspecified atom stereocenters. The van der Waals surface area contributed by atoms with Gasteiger partial charge in [-0.1, -0.05) is 19.3 Å². The summed E-state index contributed by atoms with van der Waals surface area (Å²) in [6, 6.07) is 0. The summed E-state index contributed by atoms with van der Waals surface area (Å²) in [5.41, 5.74) is -0.571. The van der Waals surface area contributed by atoms with Crippen LogP contribution in [0.5, 0.6) is 0 Å². The minimum absolute atomic E-state index is 0.226. The molecule has 2 rings (SSSR count). The molecule has 1 aliphatic carbocycles. The Morgan fingerprint density at radius 1 is 1.21 bits per heavy atom. The van der Waals surface area contributed by atoms with E-state index in [4.69, 9.17) is 0 Å². The Labute approximate surface area is 85.1 Å². The third-order valence-corrected chi connectivity index (χ3v) is 3.44. The van der Waals surface area contributed by atoms with Crippen LogP contribution in [0.25, 0.3) is 0 Å². The van der Waals surface area contributed by atoms with Gasteiger partial charge in [-0.25, -0.2) is 0 Å². The van der Waals surface area contributed by atoms with Crippen LogP contribution in [-0.2, 0) is 4.79 Å². The number of nitrogens with zero attached hydrogens (tertiary/aromatic N) is 1. The zero-order chi connectivity index (χ0) is 10.0. The maximum atomic E-state index is 11.4. The van der Waals surface area contributed by atoms with E-state index >= 15 is 0 Å². The van der Waals surface area contributed by atoms with Crippen LogP contribution in [0.4, 0.5) is 0 Å². The standard InChI is InChI=1S/C11H19NO2/c13-10-5-4-8-12(10)9-11(14)6-2-1-3-7-11/h14H,1-9H2. The molecule has 0 aromatic carbocycles. The molecule has 0 atom stereocenters. The van der Waals surface area contributed by atoms with Crippen LogP contribution in [0.1, 0.15) is 44.9 Å². The second kappa shape index (κ2) is 3.89. The lowest BCUT2D eigenvalue weighted by molar-refractivity contribution is -0.131. The molecular formula is C11H19NO2. The van der Waals surface area contributed by atoms with Crippen molar-refractivity contribution in [3.8, 4) is 0 Å². The van der Waals surface area contributed by atoms with Crippen LogP contribution in [0, 0.1) is 0 Å². The van der Waals surface area contributed by atoms with Gasteiger partial charge in [-0.3, -0.25) is 4.79 Å². The summed E-state index contributed by atoms with van der Waals surface area (Å²) in [7, 11) is 0. The monoisotopic (exact) mass is 197 g/mol. The van der Waals surface area contributed by atoms with Crippen molar-refractivity contribution in [3.63, 3.8) is 0 Å². The normalized spacial score (nSPS) is 26.9. The van der Waals surface area contributed by atoms with Gasteiger partial charge < -0.3 is 10.0 Å². The second-order valence-corrected chi connectivity index (χ2v) is 4.70. The molecule has 80 valence electrons. The number of amides is 1. The minimum atomic E-state index is -0.571. The third-order valence-electron chi connectivity index (χ3n) is 3.44. The Bertz CT molecular complexity index is 221. The van der Waals surface area contributed by atoms with E-state index in [1.54, 1.807) is 0 Å². The molecular weight excluding hydrogens is 178 g/mol. The molecule has 14 heavy (non-hydrogen) atoms. The average Bonchev–Trinajstić information content (AvgIpc) is 2.52. The van der Waals surface area contributed by atoms with E-state index in [1.807, 2.05) is 4.90 Å². The van der Waals surface area contributed by atoms with Gasteiger partial charge in [-0.15, -0.1) is 0 Å². The van der Waals surface area contributed by atoms with Crippen molar-refractivity contribution in [1.29, 1.82) is 0 Å². The van der Waals surface area contributed by atoms with Gasteiger partial charge in [0.15, 0.2) is 0 Å². The van der Waals surface area contributed by atoms with Crippen molar-refractivity contribution < 1.29 is 9.90 Å². The summed E-state index contributed by atoms with van der Waals surface area (Å²) < 4.78 is 0. The van der Waals surface area contributed by atoms with Crippen molar-refractivity contribution in [2.75, 3.05) is 13.1 Å². The molecule has 1 heterocycles. The van der Waals surface area contributed by atoms with Crippen LogP contribution in [0.2, 0.25) is 0 Å². The fraction of sp³-hybridized carbons (Fsp3) is 0.909. The predicted octanol–water partition coefficient (Wildman–Crippen LogP) is 1.30. The largest absolute Gasteiger partial charge is 0.388 e. The smallest absolute Gasteiger partial charge is 0.222 e. The van der Waals surface area contributed by atoms with E-state index in [0.29, 0.717) is 13.0 Å². The Balaban J connectivity index is 1.91. The van der Waals surface area contributed by atoms with Crippen LogP contribution >= 0.6 is 0 Å². The number of β-amino-alcohol motifs (C(OH)–C–C–N with tert-alkyl or cyclic N) is 1. The zero-order valence-electron chi connectivity index (χ0n) is 8.67. The summed E-state index contributed by atoms with van der Waals surface area (Å²) in [5.74, 6) is 0.226. The molecule has 0 aromatic heterocycles. The lowest BCUT2D eigenvalue weighted by Crippen LogP contribution is -2.44. The van der Waals surface area contributed by atoms with Gasteiger partial charge in [0.05, 0.1) is 5.60 Å². The summed E-state index contributed by atoms with van der Waals surface area (Å²) in [4.78, 5) is 13.2. The Morgan fingerprint density at radius 2 is 1.93 bits per heavy atom. The lowest BCUT2D eigenvalue weighted by atomic mass is 9.84. The Morgan fingerprint density at radius 3 is 2.50 bits per heavy atom. The highest BCUT2D eigenvalue weighted by Gasteiger charge is 2.34. The molecule has 0 bridgehead atoms. The van der Waals surface area contributed by atoms with E-state index in [0.717, 1.165) is 38.6 Å². The number of hydrogen-bond acceptors (Lipinski definition) is 2. The van der Waals surface area contributed by atoms with E-state index < -0.39 is 5.60 Å². The van der Waals surface area contributed by atoms with Crippen molar-refractivity contribution in [3.05, 3.63) is 0 Å². The minimum Gasteiger partial charge on any atom is -0.388 e. The van der Waals surface area contributed by atoms with Crippen molar-refractivity contribution >= 4 is 5.91 Å². The summed E-state index contributed by atoms with van der Waals surface area (Å²) in [5, 5.41) is 10.3. The molecule has 1 amide bonds.